The third-order valence-corrected chi connectivity index (χ3v) is 3.31. The summed E-state index contributed by atoms with van der Waals surface area (Å²) in [6, 6.07) is 0.722. The lowest BCUT2D eigenvalue weighted by Gasteiger charge is -2.21. The van der Waals surface area contributed by atoms with Crippen molar-refractivity contribution in [3.8, 4) is 0 Å². The maximum atomic E-state index is 4.44. The molecule has 14 heavy (non-hydrogen) atoms. The maximum Gasteiger partial charge on any atom is 0.0525 e. The van der Waals surface area contributed by atoms with Gasteiger partial charge >= 0.3 is 0 Å². The van der Waals surface area contributed by atoms with E-state index in [1.54, 1.807) is 0 Å². The first kappa shape index (κ1) is 8.48. The van der Waals surface area contributed by atoms with Crippen LogP contribution >= 0.6 is 0 Å². The molecule has 1 atom stereocenters. The Morgan fingerprint density at radius 3 is 3.00 bits per heavy atom. The van der Waals surface area contributed by atoms with Crippen molar-refractivity contribution in [1.29, 1.82) is 0 Å². The fourth-order valence-corrected chi connectivity index (χ4v) is 2.24. The highest BCUT2D eigenvalue weighted by Crippen LogP contribution is 2.35. The molecule has 1 saturated heterocycles. The van der Waals surface area contributed by atoms with E-state index in [-0.39, 0.29) is 0 Å². The fraction of sp³-hybridized carbons (Fsp3) is 0.727. The molecule has 0 amide bonds. The highest BCUT2D eigenvalue weighted by molar-refractivity contribution is 5.13. The minimum atomic E-state index is 0.705. The third kappa shape index (κ3) is 1.57. The van der Waals surface area contributed by atoms with E-state index < -0.39 is 0 Å². The molecule has 1 aliphatic heterocycles. The first-order valence-corrected chi connectivity index (χ1v) is 5.68. The van der Waals surface area contributed by atoms with Gasteiger partial charge in [-0.05, 0) is 43.7 Å². The monoisotopic (exact) mass is 191 g/mol. The Bertz CT molecular complexity index is 308. The second-order valence-electron chi connectivity index (χ2n) is 4.53. The van der Waals surface area contributed by atoms with Gasteiger partial charge in [0.15, 0.2) is 0 Å². The van der Waals surface area contributed by atoms with Crippen LogP contribution < -0.4 is 5.32 Å². The lowest BCUT2D eigenvalue weighted by molar-refractivity contribution is 0.461. The molecule has 2 aliphatic rings. The predicted molar refractivity (Wildman–Crippen MR) is 55.3 cm³/mol. The first-order valence-electron chi connectivity index (χ1n) is 5.68. The molecule has 0 radical (unpaired) electrons. The highest BCUT2D eigenvalue weighted by Gasteiger charge is 2.25. The van der Waals surface area contributed by atoms with Crippen LogP contribution in [0.15, 0.2) is 12.4 Å². The van der Waals surface area contributed by atoms with E-state index in [1.807, 2.05) is 0 Å². The standard InChI is InChI=1S/C11H17N3/c1-2-9(6-12-5-1)10-7-13-14(8-10)11-3-4-11/h7-9,11-12H,1-6H2. The summed E-state index contributed by atoms with van der Waals surface area (Å²) in [6.07, 6.45) is 9.60. The quantitative estimate of drug-likeness (QED) is 0.771. The van der Waals surface area contributed by atoms with Crippen LogP contribution in [0.1, 0.15) is 43.2 Å². The number of aromatic nitrogens is 2. The molecule has 1 unspecified atom stereocenters. The average molecular weight is 191 g/mol. The molecule has 1 aromatic rings. The van der Waals surface area contributed by atoms with E-state index in [4.69, 9.17) is 0 Å². The predicted octanol–water partition coefficient (Wildman–Crippen LogP) is 1.68. The van der Waals surface area contributed by atoms with Crippen molar-refractivity contribution in [3.63, 3.8) is 0 Å². The van der Waals surface area contributed by atoms with E-state index in [0.29, 0.717) is 5.92 Å². The second-order valence-corrected chi connectivity index (χ2v) is 4.53. The number of piperidine rings is 1. The minimum Gasteiger partial charge on any atom is -0.316 e. The summed E-state index contributed by atoms with van der Waals surface area (Å²) in [5.41, 5.74) is 1.43. The summed E-state index contributed by atoms with van der Waals surface area (Å²) in [5.74, 6) is 0.705. The Hall–Kier alpha value is -0.830. The van der Waals surface area contributed by atoms with Crippen LogP contribution in [-0.2, 0) is 0 Å². The largest absolute Gasteiger partial charge is 0.316 e. The maximum absolute atomic E-state index is 4.44. The summed E-state index contributed by atoms with van der Waals surface area (Å²) in [7, 11) is 0. The number of hydrogen-bond donors (Lipinski definition) is 1. The molecule has 1 N–H and O–H groups in total. The number of rotatable bonds is 2. The van der Waals surface area contributed by atoms with Gasteiger partial charge in [0.05, 0.1) is 12.2 Å². The fourth-order valence-electron chi connectivity index (χ4n) is 2.24. The molecule has 2 heterocycles. The van der Waals surface area contributed by atoms with Crippen LogP contribution in [0.5, 0.6) is 0 Å². The molecule has 0 bridgehead atoms. The van der Waals surface area contributed by atoms with Crippen LogP contribution in [-0.4, -0.2) is 22.9 Å². The summed E-state index contributed by atoms with van der Waals surface area (Å²) in [6.45, 7) is 2.32. The van der Waals surface area contributed by atoms with E-state index >= 15 is 0 Å². The van der Waals surface area contributed by atoms with E-state index in [0.717, 1.165) is 12.6 Å². The van der Waals surface area contributed by atoms with Gasteiger partial charge in [0.25, 0.3) is 0 Å². The van der Waals surface area contributed by atoms with Gasteiger partial charge in [-0.25, -0.2) is 0 Å². The molecule has 3 rings (SSSR count). The summed E-state index contributed by atoms with van der Waals surface area (Å²) < 4.78 is 2.16. The zero-order valence-corrected chi connectivity index (χ0v) is 8.45. The molecule has 3 heteroatoms. The zero-order chi connectivity index (χ0) is 9.38. The minimum absolute atomic E-state index is 0.705. The normalized spacial score (nSPS) is 27.9. The molecular weight excluding hydrogens is 174 g/mol. The molecule has 2 fully saturated rings. The Morgan fingerprint density at radius 1 is 1.36 bits per heavy atom. The van der Waals surface area contributed by atoms with Gasteiger partial charge in [0, 0.05) is 12.7 Å². The molecular formula is C11H17N3. The number of nitrogens with zero attached hydrogens (tertiary/aromatic N) is 2. The van der Waals surface area contributed by atoms with Gasteiger partial charge in [-0.15, -0.1) is 0 Å². The lowest BCUT2D eigenvalue weighted by Crippen LogP contribution is -2.28. The first-order chi connectivity index (χ1) is 6.93. The van der Waals surface area contributed by atoms with Crippen molar-refractivity contribution in [2.45, 2.75) is 37.6 Å². The summed E-state index contributed by atoms with van der Waals surface area (Å²) in [4.78, 5) is 0. The highest BCUT2D eigenvalue weighted by atomic mass is 15.3. The molecule has 1 saturated carbocycles. The molecule has 1 aliphatic carbocycles. The Balaban J connectivity index is 1.74. The summed E-state index contributed by atoms with van der Waals surface area (Å²) in [5, 5.41) is 7.89. The van der Waals surface area contributed by atoms with Gasteiger partial charge in [0.1, 0.15) is 0 Å². The molecule has 3 nitrogen and oxygen atoms in total. The smallest absolute Gasteiger partial charge is 0.0525 e. The second kappa shape index (κ2) is 3.39. The Morgan fingerprint density at radius 2 is 2.29 bits per heavy atom. The molecule has 0 aromatic carbocycles. The average Bonchev–Trinajstić information content (AvgIpc) is 2.98. The van der Waals surface area contributed by atoms with Crippen molar-refractivity contribution in [1.82, 2.24) is 15.1 Å². The van der Waals surface area contributed by atoms with Gasteiger partial charge < -0.3 is 5.32 Å². The number of nitrogens with one attached hydrogen (secondary N) is 1. The van der Waals surface area contributed by atoms with Gasteiger partial charge in [-0.3, -0.25) is 4.68 Å². The van der Waals surface area contributed by atoms with Crippen LogP contribution in [0.4, 0.5) is 0 Å². The van der Waals surface area contributed by atoms with E-state index in [1.165, 1.54) is 37.8 Å². The topological polar surface area (TPSA) is 29.9 Å². The lowest BCUT2D eigenvalue weighted by atomic mass is 9.94. The van der Waals surface area contributed by atoms with E-state index in [9.17, 15) is 0 Å². The van der Waals surface area contributed by atoms with Gasteiger partial charge in [-0.2, -0.15) is 5.10 Å². The Kier molecular flexibility index (Phi) is 2.05. The van der Waals surface area contributed by atoms with Gasteiger partial charge in [0.2, 0.25) is 0 Å². The van der Waals surface area contributed by atoms with E-state index in [2.05, 4.69) is 27.5 Å². The molecule has 1 aromatic heterocycles. The SMILES string of the molecule is c1nn(C2CC2)cc1C1CCCNC1. The van der Waals surface area contributed by atoms with Crippen molar-refractivity contribution in [2.24, 2.45) is 0 Å². The van der Waals surface area contributed by atoms with Crippen LogP contribution in [0, 0.1) is 0 Å². The number of hydrogen-bond acceptors (Lipinski definition) is 2. The van der Waals surface area contributed by atoms with Crippen LogP contribution in [0.2, 0.25) is 0 Å². The summed E-state index contributed by atoms with van der Waals surface area (Å²) >= 11 is 0. The van der Waals surface area contributed by atoms with Crippen molar-refractivity contribution in [2.75, 3.05) is 13.1 Å². The van der Waals surface area contributed by atoms with Crippen LogP contribution in [0.3, 0.4) is 0 Å². The van der Waals surface area contributed by atoms with Gasteiger partial charge in [-0.1, -0.05) is 0 Å². The molecule has 76 valence electrons. The zero-order valence-electron chi connectivity index (χ0n) is 8.45. The third-order valence-electron chi connectivity index (χ3n) is 3.31. The van der Waals surface area contributed by atoms with Crippen molar-refractivity contribution in [3.05, 3.63) is 18.0 Å². The van der Waals surface area contributed by atoms with Crippen molar-refractivity contribution < 1.29 is 0 Å². The van der Waals surface area contributed by atoms with Crippen LogP contribution in [0.25, 0.3) is 0 Å². The van der Waals surface area contributed by atoms with Crippen molar-refractivity contribution >= 4 is 0 Å². The Labute approximate surface area is 84.5 Å². The molecule has 0 spiro atoms.